The van der Waals surface area contributed by atoms with Crippen LogP contribution in [0.5, 0.6) is 0 Å². The lowest BCUT2D eigenvalue weighted by atomic mass is 10.1. The molecule has 0 spiro atoms. The molecule has 1 rings (SSSR count). The fraction of sp³-hybridized carbons (Fsp3) is 0.300. The largest absolute Gasteiger partial charge is 0.478 e. The van der Waals surface area contributed by atoms with E-state index in [4.69, 9.17) is 9.84 Å². The number of aromatic carboxylic acids is 1. The maximum atomic E-state index is 10.7. The molecule has 0 saturated heterocycles. The van der Waals surface area contributed by atoms with Gasteiger partial charge in [-0.25, -0.2) is 4.79 Å². The SMILES string of the molecule is CCOCc1ccc(C(=O)O)c(Br)c1. The maximum absolute atomic E-state index is 10.7. The van der Waals surface area contributed by atoms with E-state index in [1.807, 2.05) is 6.92 Å². The number of carboxylic acids is 1. The van der Waals surface area contributed by atoms with Gasteiger partial charge in [-0.3, -0.25) is 0 Å². The van der Waals surface area contributed by atoms with Gasteiger partial charge >= 0.3 is 5.97 Å². The first-order valence-corrected chi connectivity index (χ1v) is 5.04. The standard InChI is InChI=1S/C10H11BrO3/c1-2-14-6-7-3-4-8(10(12)13)9(11)5-7/h3-5H,2,6H2,1H3,(H,12,13). The molecule has 0 aliphatic carbocycles. The second kappa shape index (κ2) is 5.12. The van der Waals surface area contributed by atoms with Gasteiger partial charge in [-0.05, 0) is 40.5 Å². The van der Waals surface area contributed by atoms with Gasteiger partial charge in [0.15, 0.2) is 0 Å². The zero-order chi connectivity index (χ0) is 10.6. The molecule has 3 nitrogen and oxygen atoms in total. The topological polar surface area (TPSA) is 46.5 Å². The molecule has 0 heterocycles. The van der Waals surface area contributed by atoms with Crippen molar-refractivity contribution in [3.63, 3.8) is 0 Å². The van der Waals surface area contributed by atoms with Gasteiger partial charge in [0.2, 0.25) is 0 Å². The van der Waals surface area contributed by atoms with Gasteiger partial charge < -0.3 is 9.84 Å². The number of benzene rings is 1. The van der Waals surface area contributed by atoms with E-state index in [2.05, 4.69) is 15.9 Å². The number of ether oxygens (including phenoxy) is 1. The van der Waals surface area contributed by atoms with Crippen LogP contribution in [0.3, 0.4) is 0 Å². The summed E-state index contributed by atoms with van der Waals surface area (Å²) < 4.78 is 5.79. The number of hydrogen-bond acceptors (Lipinski definition) is 2. The minimum Gasteiger partial charge on any atom is -0.478 e. The Morgan fingerprint density at radius 3 is 2.79 bits per heavy atom. The Balaban J connectivity index is 2.83. The summed E-state index contributed by atoms with van der Waals surface area (Å²) in [5.41, 5.74) is 1.23. The van der Waals surface area contributed by atoms with E-state index < -0.39 is 5.97 Å². The van der Waals surface area contributed by atoms with E-state index in [9.17, 15) is 4.79 Å². The van der Waals surface area contributed by atoms with Crippen LogP contribution in [0.1, 0.15) is 22.8 Å². The van der Waals surface area contributed by atoms with Gasteiger partial charge in [-0.1, -0.05) is 6.07 Å². The Bertz CT molecular complexity index is 336. The second-order valence-corrected chi connectivity index (χ2v) is 3.61. The van der Waals surface area contributed by atoms with E-state index in [1.165, 1.54) is 0 Å². The maximum Gasteiger partial charge on any atom is 0.336 e. The Labute approximate surface area is 90.8 Å². The highest BCUT2D eigenvalue weighted by Crippen LogP contribution is 2.19. The lowest BCUT2D eigenvalue weighted by Crippen LogP contribution is -1.99. The molecule has 14 heavy (non-hydrogen) atoms. The van der Waals surface area contributed by atoms with Gasteiger partial charge in [0, 0.05) is 11.1 Å². The molecule has 1 aromatic carbocycles. The monoisotopic (exact) mass is 258 g/mol. The molecule has 0 atom stereocenters. The first-order valence-electron chi connectivity index (χ1n) is 4.24. The zero-order valence-corrected chi connectivity index (χ0v) is 9.37. The number of carboxylic acid groups (broad SMARTS) is 1. The third-order valence-electron chi connectivity index (χ3n) is 1.74. The summed E-state index contributed by atoms with van der Waals surface area (Å²) in [4.78, 5) is 10.7. The zero-order valence-electron chi connectivity index (χ0n) is 7.79. The number of hydrogen-bond donors (Lipinski definition) is 1. The van der Waals surface area contributed by atoms with Crippen LogP contribution >= 0.6 is 15.9 Å². The van der Waals surface area contributed by atoms with Crippen LogP contribution in [-0.2, 0) is 11.3 Å². The summed E-state index contributed by atoms with van der Waals surface area (Å²) in [6, 6.07) is 5.09. The van der Waals surface area contributed by atoms with E-state index in [-0.39, 0.29) is 5.56 Å². The average Bonchev–Trinajstić information content (AvgIpc) is 2.14. The van der Waals surface area contributed by atoms with Crippen molar-refractivity contribution in [3.8, 4) is 0 Å². The van der Waals surface area contributed by atoms with Crippen LogP contribution in [0.2, 0.25) is 0 Å². The average molecular weight is 259 g/mol. The quantitative estimate of drug-likeness (QED) is 0.904. The minimum absolute atomic E-state index is 0.269. The minimum atomic E-state index is -0.931. The Morgan fingerprint density at radius 2 is 2.29 bits per heavy atom. The van der Waals surface area contributed by atoms with E-state index >= 15 is 0 Å². The van der Waals surface area contributed by atoms with Gasteiger partial charge in [0.1, 0.15) is 0 Å². The summed E-state index contributed by atoms with van der Waals surface area (Å²) in [6.45, 7) is 3.08. The highest BCUT2D eigenvalue weighted by Gasteiger charge is 2.07. The summed E-state index contributed by atoms with van der Waals surface area (Å²) in [7, 11) is 0. The van der Waals surface area contributed by atoms with Gasteiger partial charge in [-0.15, -0.1) is 0 Å². The molecule has 1 N–H and O–H groups in total. The Kier molecular flexibility index (Phi) is 4.10. The fourth-order valence-electron chi connectivity index (χ4n) is 1.04. The number of rotatable bonds is 4. The van der Waals surface area contributed by atoms with Crippen LogP contribution in [0.15, 0.2) is 22.7 Å². The summed E-state index contributed by atoms with van der Waals surface area (Å²) in [5, 5.41) is 8.77. The second-order valence-electron chi connectivity index (χ2n) is 2.76. The first kappa shape index (κ1) is 11.2. The molecule has 0 aliphatic heterocycles. The van der Waals surface area contributed by atoms with Crippen LogP contribution < -0.4 is 0 Å². The Morgan fingerprint density at radius 1 is 1.57 bits per heavy atom. The van der Waals surface area contributed by atoms with Crippen LogP contribution in [-0.4, -0.2) is 17.7 Å². The van der Waals surface area contributed by atoms with Crippen LogP contribution in [0.4, 0.5) is 0 Å². The van der Waals surface area contributed by atoms with Crippen molar-refractivity contribution < 1.29 is 14.6 Å². The molecule has 0 amide bonds. The molecule has 0 saturated carbocycles. The molecule has 0 aliphatic rings. The highest BCUT2D eigenvalue weighted by atomic mass is 79.9. The van der Waals surface area contributed by atoms with Gasteiger partial charge in [0.05, 0.1) is 12.2 Å². The first-order chi connectivity index (χ1) is 6.65. The molecule has 0 aromatic heterocycles. The number of carbonyl (C=O) groups is 1. The van der Waals surface area contributed by atoms with Crippen molar-refractivity contribution in [1.29, 1.82) is 0 Å². The van der Waals surface area contributed by atoms with Gasteiger partial charge in [-0.2, -0.15) is 0 Å². The van der Waals surface area contributed by atoms with Crippen molar-refractivity contribution in [2.45, 2.75) is 13.5 Å². The van der Waals surface area contributed by atoms with Crippen molar-refractivity contribution in [1.82, 2.24) is 0 Å². The van der Waals surface area contributed by atoms with E-state index in [0.717, 1.165) is 5.56 Å². The van der Waals surface area contributed by atoms with E-state index in [0.29, 0.717) is 17.7 Å². The molecule has 0 radical (unpaired) electrons. The summed E-state index contributed by atoms with van der Waals surface area (Å²) in [5.74, 6) is -0.931. The predicted octanol–water partition coefficient (Wildman–Crippen LogP) is 2.68. The summed E-state index contributed by atoms with van der Waals surface area (Å²) in [6.07, 6.45) is 0. The van der Waals surface area contributed by atoms with E-state index in [1.54, 1.807) is 18.2 Å². The normalized spacial score (nSPS) is 10.1. The van der Waals surface area contributed by atoms with Gasteiger partial charge in [0.25, 0.3) is 0 Å². The van der Waals surface area contributed by atoms with Crippen molar-refractivity contribution in [2.75, 3.05) is 6.61 Å². The van der Waals surface area contributed by atoms with Crippen molar-refractivity contribution in [3.05, 3.63) is 33.8 Å². The molecule has 0 bridgehead atoms. The third kappa shape index (κ3) is 2.82. The van der Waals surface area contributed by atoms with Crippen LogP contribution in [0, 0.1) is 0 Å². The molecule has 4 heteroatoms. The van der Waals surface area contributed by atoms with Crippen LogP contribution in [0.25, 0.3) is 0 Å². The molecule has 1 aromatic rings. The molecule has 0 unspecified atom stereocenters. The van der Waals surface area contributed by atoms with Crippen molar-refractivity contribution in [2.24, 2.45) is 0 Å². The lowest BCUT2D eigenvalue weighted by Gasteiger charge is -2.04. The fourth-order valence-corrected chi connectivity index (χ4v) is 1.64. The molecular formula is C10H11BrO3. The Hall–Kier alpha value is -0.870. The molecule has 0 fully saturated rings. The smallest absolute Gasteiger partial charge is 0.336 e. The molecule has 76 valence electrons. The van der Waals surface area contributed by atoms with Crippen molar-refractivity contribution >= 4 is 21.9 Å². The highest BCUT2D eigenvalue weighted by molar-refractivity contribution is 9.10. The third-order valence-corrected chi connectivity index (χ3v) is 2.39. The lowest BCUT2D eigenvalue weighted by molar-refractivity contribution is 0.0695. The number of halogens is 1. The molecular weight excluding hydrogens is 248 g/mol. The summed E-state index contributed by atoms with van der Waals surface area (Å²) >= 11 is 3.20. The predicted molar refractivity (Wildman–Crippen MR) is 56.4 cm³/mol.